The molecule has 1 aliphatic heterocycles. The van der Waals surface area contributed by atoms with Crippen molar-refractivity contribution in [1.29, 1.82) is 0 Å². The molecule has 0 unspecified atom stereocenters. The molecular formula is C8H12FNO2. The summed E-state index contributed by atoms with van der Waals surface area (Å²) in [4.78, 5) is 10.8. The number of halogens is 1. The van der Waals surface area contributed by atoms with Crippen LogP contribution in [-0.2, 0) is 9.53 Å². The van der Waals surface area contributed by atoms with E-state index in [0.717, 1.165) is 0 Å². The molecule has 1 aliphatic rings. The maximum absolute atomic E-state index is 13.0. The van der Waals surface area contributed by atoms with Crippen LogP contribution < -0.4 is 5.32 Å². The van der Waals surface area contributed by atoms with Crippen LogP contribution in [0.1, 0.15) is 20.8 Å². The lowest BCUT2D eigenvalue weighted by Gasteiger charge is -2.20. The molecule has 0 aliphatic carbocycles. The van der Waals surface area contributed by atoms with Gasteiger partial charge in [0, 0.05) is 6.54 Å². The highest BCUT2D eigenvalue weighted by atomic mass is 19.1. The van der Waals surface area contributed by atoms with E-state index < -0.39 is 17.4 Å². The standard InChI is InChI=1S/C8H12FNO2/c1-4-10-6-5(9)7(11)12-8(6,2)3/h10H,4H2,1-3H3. The predicted molar refractivity (Wildman–Crippen MR) is 42.0 cm³/mol. The highest BCUT2D eigenvalue weighted by Gasteiger charge is 2.40. The van der Waals surface area contributed by atoms with Crippen molar-refractivity contribution in [1.82, 2.24) is 5.32 Å². The summed E-state index contributed by atoms with van der Waals surface area (Å²) in [7, 11) is 0. The maximum Gasteiger partial charge on any atom is 0.370 e. The van der Waals surface area contributed by atoms with Gasteiger partial charge in [0.2, 0.25) is 5.83 Å². The SMILES string of the molecule is CCNC1=C(F)C(=O)OC1(C)C. The van der Waals surface area contributed by atoms with E-state index in [1.165, 1.54) is 0 Å². The van der Waals surface area contributed by atoms with Gasteiger partial charge in [0.1, 0.15) is 5.60 Å². The van der Waals surface area contributed by atoms with Gasteiger partial charge in [0.15, 0.2) is 0 Å². The molecule has 0 aromatic carbocycles. The second kappa shape index (κ2) is 2.77. The number of carbonyl (C=O) groups is 1. The van der Waals surface area contributed by atoms with Gasteiger partial charge in [-0.2, -0.15) is 4.39 Å². The Balaban J connectivity index is 2.96. The first-order chi connectivity index (χ1) is 5.49. The second-order valence-corrected chi connectivity index (χ2v) is 3.12. The van der Waals surface area contributed by atoms with Crippen molar-refractivity contribution in [3.63, 3.8) is 0 Å². The van der Waals surface area contributed by atoms with Crippen LogP contribution >= 0.6 is 0 Å². The van der Waals surface area contributed by atoms with Crippen LogP contribution in [0.3, 0.4) is 0 Å². The molecule has 12 heavy (non-hydrogen) atoms. The number of likely N-dealkylation sites (N-methyl/N-ethyl adjacent to an activating group) is 1. The lowest BCUT2D eigenvalue weighted by Crippen LogP contribution is -2.31. The average Bonchev–Trinajstić information content (AvgIpc) is 2.13. The minimum Gasteiger partial charge on any atom is -0.448 e. The molecule has 0 fully saturated rings. The molecule has 4 heteroatoms. The quantitative estimate of drug-likeness (QED) is 0.636. The van der Waals surface area contributed by atoms with Crippen molar-refractivity contribution in [2.24, 2.45) is 0 Å². The number of esters is 1. The molecule has 1 heterocycles. The number of hydrogen-bond donors (Lipinski definition) is 1. The topological polar surface area (TPSA) is 38.3 Å². The molecule has 0 bridgehead atoms. The Bertz CT molecular complexity index is 245. The lowest BCUT2D eigenvalue weighted by atomic mass is 10.1. The van der Waals surface area contributed by atoms with Crippen LogP contribution in [0.4, 0.5) is 4.39 Å². The van der Waals surface area contributed by atoms with Crippen LogP contribution in [0.25, 0.3) is 0 Å². The first-order valence-corrected chi connectivity index (χ1v) is 3.86. The zero-order valence-corrected chi connectivity index (χ0v) is 7.40. The number of ether oxygens (including phenoxy) is 1. The van der Waals surface area contributed by atoms with Gasteiger partial charge in [0.05, 0.1) is 5.70 Å². The van der Waals surface area contributed by atoms with Gasteiger partial charge in [-0.25, -0.2) is 4.79 Å². The smallest absolute Gasteiger partial charge is 0.370 e. The van der Waals surface area contributed by atoms with Crippen LogP contribution in [0, 0.1) is 0 Å². The van der Waals surface area contributed by atoms with Crippen LogP contribution in [0.5, 0.6) is 0 Å². The van der Waals surface area contributed by atoms with Crippen molar-refractivity contribution in [2.45, 2.75) is 26.4 Å². The molecular weight excluding hydrogens is 161 g/mol. The third-order valence-electron chi connectivity index (χ3n) is 1.70. The maximum atomic E-state index is 13.0. The van der Waals surface area contributed by atoms with Gasteiger partial charge in [0.25, 0.3) is 0 Å². The molecule has 0 aromatic heterocycles. The molecule has 3 nitrogen and oxygen atoms in total. The molecule has 0 saturated carbocycles. The molecule has 0 aromatic rings. The summed E-state index contributed by atoms with van der Waals surface area (Å²) >= 11 is 0. The summed E-state index contributed by atoms with van der Waals surface area (Å²) in [5.74, 6) is -1.68. The number of cyclic esters (lactones) is 1. The fraction of sp³-hybridized carbons (Fsp3) is 0.625. The highest BCUT2D eigenvalue weighted by Crippen LogP contribution is 2.30. The third-order valence-corrected chi connectivity index (χ3v) is 1.70. The van der Waals surface area contributed by atoms with E-state index in [1.54, 1.807) is 13.8 Å². The fourth-order valence-corrected chi connectivity index (χ4v) is 1.16. The van der Waals surface area contributed by atoms with Crippen molar-refractivity contribution in [3.8, 4) is 0 Å². The van der Waals surface area contributed by atoms with Crippen molar-refractivity contribution >= 4 is 5.97 Å². The Hall–Kier alpha value is -1.06. The monoisotopic (exact) mass is 173 g/mol. The minimum atomic E-state index is -0.879. The van der Waals surface area contributed by atoms with Crippen LogP contribution in [-0.4, -0.2) is 18.1 Å². The van der Waals surface area contributed by atoms with Gasteiger partial charge in [-0.15, -0.1) is 0 Å². The van der Waals surface area contributed by atoms with Gasteiger partial charge in [-0.1, -0.05) is 0 Å². The molecule has 0 spiro atoms. The Morgan fingerprint density at radius 1 is 1.58 bits per heavy atom. The average molecular weight is 173 g/mol. The molecule has 68 valence electrons. The van der Waals surface area contributed by atoms with E-state index >= 15 is 0 Å². The van der Waals surface area contributed by atoms with Crippen LogP contribution in [0.15, 0.2) is 11.5 Å². The summed E-state index contributed by atoms with van der Waals surface area (Å²) in [5, 5.41) is 2.77. The van der Waals surface area contributed by atoms with Gasteiger partial charge >= 0.3 is 5.97 Å². The van der Waals surface area contributed by atoms with E-state index in [2.05, 4.69) is 5.32 Å². The minimum absolute atomic E-state index is 0.245. The molecule has 1 rings (SSSR count). The van der Waals surface area contributed by atoms with E-state index in [0.29, 0.717) is 6.54 Å². The summed E-state index contributed by atoms with van der Waals surface area (Å²) in [6.45, 7) is 5.70. The van der Waals surface area contributed by atoms with Gasteiger partial charge in [-0.05, 0) is 20.8 Å². The Morgan fingerprint density at radius 2 is 2.17 bits per heavy atom. The number of rotatable bonds is 2. The summed E-state index contributed by atoms with van der Waals surface area (Å²) < 4.78 is 17.8. The van der Waals surface area contributed by atoms with E-state index in [9.17, 15) is 9.18 Å². The number of nitrogens with one attached hydrogen (secondary N) is 1. The van der Waals surface area contributed by atoms with Crippen molar-refractivity contribution in [2.75, 3.05) is 6.54 Å². The van der Waals surface area contributed by atoms with Crippen molar-refractivity contribution < 1.29 is 13.9 Å². The summed E-state index contributed by atoms with van der Waals surface area (Å²) in [5.41, 5.74) is -0.605. The largest absolute Gasteiger partial charge is 0.448 e. The highest BCUT2D eigenvalue weighted by molar-refractivity contribution is 5.90. The first kappa shape index (κ1) is 9.03. The zero-order valence-electron chi connectivity index (χ0n) is 7.40. The van der Waals surface area contributed by atoms with E-state index in [1.807, 2.05) is 6.92 Å². The van der Waals surface area contributed by atoms with E-state index in [4.69, 9.17) is 4.74 Å². The van der Waals surface area contributed by atoms with E-state index in [-0.39, 0.29) is 5.70 Å². The normalized spacial score (nSPS) is 21.2. The molecule has 0 saturated heterocycles. The first-order valence-electron chi connectivity index (χ1n) is 3.86. The lowest BCUT2D eigenvalue weighted by molar-refractivity contribution is -0.145. The fourth-order valence-electron chi connectivity index (χ4n) is 1.16. The molecule has 0 amide bonds. The third kappa shape index (κ3) is 1.29. The van der Waals surface area contributed by atoms with Gasteiger partial charge in [-0.3, -0.25) is 0 Å². The number of hydrogen-bond acceptors (Lipinski definition) is 3. The molecule has 0 atom stereocenters. The van der Waals surface area contributed by atoms with Crippen LogP contribution in [0.2, 0.25) is 0 Å². The summed E-state index contributed by atoms with van der Waals surface area (Å²) in [6.07, 6.45) is 0. The van der Waals surface area contributed by atoms with Crippen molar-refractivity contribution in [3.05, 3.63) is 11.5 Å². The Kier molecular flexibility index (Phi) is 2.08. The second-order valence-electron chi connectivity index (χ2n) is 3.12. The molecule has 0 radical (unpaired) electrons. The Morgan fingerprint density at radius 3 is 2.50 bits per heavy atom. The zero-order chi connectivity index (χ0) is 9.35. The predicted octanol–water partition coefficient (Wildman–Crippen LogP) is 1.11. The summed E-state index contributed by atoms with van der Waals surface area (Å²) in [6, 6.07) is 0. The molecule has 1 N–H and O–H groups in total. The Labute approximate surface area is 70.6 Å². The number of carbonyl (C=O) groups excluding carboxylic acids is 1. The van der Waals surface area contributed by atoms with Gasteiger partial charge < -0.3 is 10.1 Å².